The number of aromatic hydroxyl groups is 1. The molecule has 3 aromatic rings. The third-order valence-corrected chi connectivity index (χ3v) is 4.34. The number of fused-ring (bicyclic) bond motifs is 1. The van der Waals surface area contributed by atoms with E-state index in [1.165, 1.54) is 47.5 Å². The molecule has 9 nitrogen and oxygen atoms in total. The maximum Gasteiger partial charge on any atom is 0.333 e. The molecular weight excluding hydrogens is 374 g/mol. The first kappa shape index (κ1) is 19.7. The summed E-state index contributed by atoms with van der Waals surface area (Å²) in [5, 5.41) is 12.0. The van der Waals surface area contributed by atoms with E-state index in [9.17, 15) is 19.5 Å². The topological polar surface area (TPSA) is 111 Å². The van der Waals surface area contributed by atoms with Gasteiger partial charge in [-0.1, -0.05) is 17.9 Å². The summed E-state index contributed by atoms with van der Waals surface area (Å²) < 4.78 is 3.81. The van der Waals surface area contributed by atoms with Crippen LogP contribution in [0.2, 0.25) is 0 Å². The summed E-state index contributed by atoms with van der Waals surface area (Å²) in [6, 6.07) is 6.44. The van der Waals surface area contributed by atoms with Crippen LogP contribution in [-0.4, -0.2) is 36.7 Å². The highest BCUT2D eigenvalue weighted by Gasteiger charge is 2.17. The minimum atomic E-state index is -0.548. The second-order valence-electron chi connectivity index (χ2n) is 6.23. The zero-order valence-corrected chi connectivity index (χ0v) is 16.1. The Kier molecular flexibility index (Phi) is 5.36. The van der Waals surface area contributed by atoms with Gasteiger partial charge in [-0.3, -0.25) is 18.7 Å². The Bertz CT molecular complexity index is 1310. The molecule has 0 aliphatic carbocycles. The summed E-state index contributed by atoms with van der Waals surface area (Å²) in [6.45, 7) is -0.00523. The highest BCUT2D eigenvalue weighted by Crippen LogP contribution is 2.12. The number of imidazole rings is 1. The average molecular weight is 393 g/mol. The van der Waals surface area contributed by atoms with Gasteiger partial charge in [0.15, 0.2) is 11.2 Å². The molecule has 29 heavy (non-hydrogen) atoms. The van der Waals surface area contributed by atoms with Gasteiger partial charge in [0, 0.05) is 32.8 Å². The number of nitrogens with zero attached hydrogens (tertiary/aromatic N) is 4. The van der Waals surface area contributed by atoms with Crippen LogP contribution in [0.5, 0.6) is 5.75 Å². The van der Waals surface area contributed by atoms with Crippen LogP contribution in [0.1, 0.15) is 11.4 Å². The highest BCUT2D eigenvalue weighted by atomic mass is 16.3. The van der Waals surface area contributed by atoms with Crippen LogP contribution >= 0.6 is 0 Å². The third-order valence-electron chi connectivity index (χ3n) is 4.34. The van der Waals surface area contributed by atoms with Gasteiger partial charge in [0.2, 0.25) is 5.91 Å². The molecule has 2 aromatic heterocycles. The molecule has 0 saturated heterocycles. The number of carbonyl (C=O) groups is 1. The molecule has 9 heteroatoms. The van der Waals surface area contributed by atoms with E-state index in [0.29, 0.717) is 11.4 Å². The molecule has 0 unspecified atom stereocenters. The molecule has 0 aliphatic heterocycles. The van der Waals surface area contributed by atoms with E-state index in [-0.39, 0.29) is 29.4 Å². The first-order chi connectivity index (χ1) is 13.8. The average Bonchev–Trinajstić information content (AvgIpc) is 3.03. The maximum absolute atomic E-state index is 12.6. The van der Waals surface area contributed by atoms with E-state index in [4.69, 9.17) is 0 Å². The molecule has 2 N–H and O–H groups in total. The van der Waals surface area contributed by atoms with Crippen LogP contribution in [0, 0.1) is 11.8 Å². The second kappa shape index (κ2) is 7.90. The van der Waals surface area contributed by atoms with E-state index in [2.05, 4.69) is 22.1 Å². The fraction of sp³-hybridized carbons (Fsp3) is 0.200. The van der Waals surface area contributed by atoms with Crippen LogP contribution in [0.3, 0.4) is 0 Å². The Morgan fingerprint density at radius 2 is 2.03 bits per heavy atom. The van der Waals surface area contributed by atoms with Gasteiger partial charge in [-0.15, -0.1) is 0 Å². The Morgan fingerprint density at radius 1 is 1.28 bits per heavy atom. The quantitative estimate of drug-likeness (QED) is 0.479. The lowest BCUT2D eigenvalue weighted by molar-refractivity contribution is -0.115. The number of nitrogens with one attached hydrogen (secondary N) is 1. The zero-order chi connectivity index (χ0) is 21.1. The monoisotopic (exact) mass is 393 g/mol. The van der Waals surface area contributed by atoms with Crippen LogP contribution < -0.4 is 16.6 Å². The highest BCUT2D eigenvalue weighted by molar-refractivity contribution is 5.91. The van der Waals surface area contributed by atoms with Crippen molar-refractivity contribution in [2.24, 2.45) is 14.1 Å². The minimum absolute atomic E-state index is 0.00523. The van der Waals surface area contributed by atoms with Crippen molar-refractivity contribution in [3.8, 4) is 17.6 Å². The van der Waals surface area contributed by atoms with Crippen molar-refractivity contribution in [2.75, 3.05) is 7.05 Å². The van der Waals surface area contributed by atoms with Crippen molar-refractivity contribution in [1.82, 2.24) is 24.0 Å². The molecule has 0 spiro atoms. The van der Waals surface area contributed by atoms with Crippen LogP contribution in [0.25, 0.3) is 17.2 Å². The predicted octanol–water partition coefficient (Wildman–Crippen LogP) is -0.0498. The molecular formula is C20H19N5O4. The summed E-state index contributed by atoms with van der Waals surface area (Å²) in [5.41, 5.74) is -0.0380. The molecule has 1 aromatic carbocycles. The van der Waals surface area contributed by atoms with Crippen molar-refractivity contribution < 1.29 is 9.90 Å². The Hall–Kier alpha value is -4.06. The van der Waals surface area contributed by atoms with Crippen molar-refractivity contribution in [3.05, 3.63) is 62.6 Å². The van der Waals surface area contributed by atoms with Crippen LogP contribution in [0.15, 0.2) is 39.9 Å². The lowest BCUT2D eigenvalue weighted by atomic mass is 10.2. The number of hydrogen-bond donors (Lipinski definition) is 2. The Balaban J connectivity index is 2.12. The Labute approximate surface area is 165 Å². The number of phenolic OH excluding ortho intramolecular Hbond substituents is 1. The number of rotatable bonds is 3. The summed E-state index contributed by atoms with van der Waals surface area (Å²) in [6.07, 6.45) is 2.75. The number of hydrogen-bond acceptors (Lipinski definition) is 5. The molecule has 148 valence electrons. The van der Waals surface area contributed by atoms with Crippen LogP contribution in [-0.2, 0) is 25.4 Å². The summed E-state index contributed by atoms with van der Waals surface area (Å²) in [7, 11) is 4.52. The number of carbonyl (C=O) groups excluding carboxylic acids is 1. The molecule has 3 rings (SSSR count). The fourth-order valence-corrected chi connectivity index (χ4v) is 2.78. The lowest BCUT2D eigenvalue weighted by Gasteiger charge is -2.05. The minimum Gasteiger partial charge on any atom is -0.508 e. The van der Waals surface area contributed by atoms with Crippen LogP contribution in [0.4, 0.5) is 0 Å². The molecule has 2 heterocycles. The smallest absolute Gasteiger partial charge is 0.333 e. The van der Waals surface area contributed by atoms with Gasteiger partial charge < -0.3 is 15.0 Å². The van der Waals surface area contributed by atoms with Gasteiger partial charge in [-0.05, 0) is 24.3 Å². The second-order valence-corrected chi connectivity index (χ2v) is 6.23. The van der Waals surface area contributed by atoms with E-state index in [1.807, 2.05) is 0 Å². The lowest BCUT2D eigenvalue weighted by Crippen LogP contribution is -2.38. The van der Waals surface area contributed by atoms with E-state index in [0.717, 1.165) is 4.57 Å². The number of aromatic nitrogens is 4. The SMILES string of the molecule is CNC(=O)/C=C/c1nc2c(c(=O)n(C)c(=O)n2CC#Cc2cccc(O)c2)n1C. The molecule has 0 radical (unpaired) electrons. The first-order valence-corrected chi connectivity index (χ1v) is 8.67. The third kappa shape index (κ3) is 3.82. The van der Waals surface area contributed by atoms with E-state index in [1.54, 1.807) is 19.2 Å². The Morgan fingerprint density at radius 3 is 2.72 bits per heavy atom. The van der Waals surface area contributed by atoms with Crippen molar-refractivity contribution in [2.45, 2.75) is 6.54 Å². The molecule has 1 amide bonds. The van der Waals surface area contributed by atoms with E-state index >= 15 is 0 Å². The number of phenols is 1. The van der Waals surface area contributed by atoms with E-state index < -0.39 is 11.2 Å². The summed E-state index contributed by atoms with van der Waals surface area (Å²) >= 11 is 0. The van der Waals surface area contributed by atoms with Gasteiger partial charge in [-0.2, -0.15) is 0 Å². The largest absolute Gasteiger partial charge is 0.508 e. The standard InChI is InChI=1S/C20H19N5O4/c1-21-16(27)10-9-15-22-18-17(23(15)2)19(28)24(3)20(29)25(18)11-5-7-13-6-4-8-14(26)12-13/h4,6,8-10,12,26H,11H2,1-3H3,(H,21,27)/b10-9+. The summed E-state index contributed by atoms with van der Waals surface area (Å²) in [4.78, 5) is 41.0. The molecule has 0 saturated carbocycles. The van der Waals surface area contributed by atoms with Gasteiger partial charge in [-0.25, -0.2) is 9.78 Å². The van der Waals surface area contributed by atoms with Gasteiger partial charge in [0.05, 0.1) is 6.54 Å². The van der Waals surface area contributed by atoms with Gasteiger partial charge >= 0.3 is 5.69 Å². The van der Waals surface area contributed by atoms with Crippen molar-refractivity contribution in [3.63, 3.8) is 0 Å². The van der Waals surface area contributed by atoms with Gasteiger partial charge in [0.1, 0.15) is 11.6 Å². The first-order valence-electron chi connectivity index (χ1n) is 8.67. The molecule has 0 bridgehead atoms. The number of likely N-dealkylation sites (N-methyl/N-ethyl adjacent to an activating group) is 1. The number of amides is 1. The van der Waals surface area contributed by atoms with Crippen molar-refractivity contribution >= 4 is 23.1 Å². The molecule has 0 atom stereocenters. The molecule has 0 aliphatic rings. The number of benzene rings is 1. The zero-order valence-electron chi connectivity index (χ0n) is 16.1. The van der Waals surface area contributed by atoms with Gasteiger partial charge in [0.25, 0.3) is 5.56 Å². The molecule has 0 fully saturated rings. The number of aryl methyl sites for hydroxylation is 1. The predicted molar refractivity (Wildman–Crippen MR) is 108 cm³/mol. The van der Waals surface area contributed by atoms with Crippen molar-refractivity contribution in [1.29, 1.82) is 0 Å². The summed E-state index contributed by atoms with van der Waals surface area (Å²) in [5.74, 6) is 5.86. The maximum atomic E-state index is 12.6. The normalized spacial score (nSPS) is 10.9. The fourth-order valence-electron chi connectivity index (χ4n) is 2.78.